The van der Waals surface area contributed by atoms with Crippen LogP contribution in [0.25, 0.3) is 0 Å². The van der Waals surface area contributed by atoms with Crippen molar-refractivity contribution < 1.29 is 0 Å². The lowest BCUT2D eigenvalue weighted by Crippen LogP contribution is -2.17. The molecule has 4 heteroatoms. The van der Waals surface area contributed by atoms with E-state index in [1.54, 1.807) is 4.68 Å². The Morgan fingerprint density at radius 1 is 1.16 bits per heavy atom. The van der Waals surface area contributed by atoms with Crippen LogP contribution in [0.15, 0.2) is 30.3 Å². The Bertz CT molecular complexity index is 553. The number of nitrogen functional groups attached to an aromatic ring is 2. The monoisotopic (exact) mass is 256 g/mol. The van der Waals surface area contributed by atoms with Gasteiger partial charge in [-0.2, -0.15) is 0 Å². The summed E-state index contributed by atoms with van der Waals surface area (Å²) in [7, 11) is 0. The van der Waals surface area contributed by atoms with Crippen LogP contribution < -0.4 is 11.6 Å². The van der Waals surface area contributed by atoms with E-state index in [0.717, 1.165) is 17.9 Å². The summed E-state index contributed by atoms with van der Waals surface area (Å²) < 4.78 is 1.59. The van der Waals surface area contributed by atoms with E-state index in [0.29, 0.717) is 11.7 Å². The van der Waals surface area contributed by atoms with Crippen LogP contribution in [0.2, 0.25) is 0 Å². The molecule has 4 N–H and O–H groups in total. The van der Waals surface area contributed by atoms with Gasteiger partial charge in [-0.25, -0.2) is 9.66 Å². The Morgan fingerprint density at radius 2 is 1.84 bits per heavy atom. The SMILES string of the molecule is Nc1c(Cc2ccccc2)nc(C2CCCC2)n1N. The minimum absolute atomic E-state index is 0.483. The normalized spacial score (nSPS) is 16.0. The van der Waals surface area contributed by atoms with Crippen molar-refractivity contribution >= 4 is 5.82 Å². The summed E-state index contributed by atoms with van der Waals surface area (Å²) in [5, 5.41) is 0. The highest BCUT2D eigenvalue weighted by Crippen LogP contribution is 2.34. The molecule has 0 spiro atoms. The van der Waals surface area contributed by atoms with Crippen molar-refractivity contribution in [2.45, 2.75) is 38.0 Å². The molecule has 1 saturated carbocycles. The zero-order valence-electron chi connectivity index (χ0n) is 11.0. The van der Waals surface area contributed by atoms with Crippen molar-refractivity contribution in [3.05, 3.63) is 47.4 Å². The molecule has 0 amide bonds. The molecule has 1 aromatic carbocycles. The molecule has 1 fully saturated rings. The van der Waals surface area contributed by atoms with Crippen LogP contribution in [0.4, 0.5) is 5.82 Å². The van der Waals surface area contributed by atoms with Crippen LogP contribution in [-0.2, 0) is 6.42 Å². The number of nitrogens with two attached hydrogens (primary N) is 2. The second kappa shape index (κ2) is 4.96. The van der Waals surface area contributed by atoms with Gasteiger partial charge in [-0.3, -0.25) is 0 Å². The van der Waals surface area contributed by atoms with Crippen LogP contribution in [0, 0.1) is 0 Å². The predicted molar refractivity (Wildman–Crippen MR) is 77.2 cm³/mol. The Hall–Kier alpha value is -1.97. The van der Waals surface area contributed by atoms with E-state index in [2.05, 4.69) is 12.1 Å². The van der Waals surface area contributed by atoms with Crippen LogP contribution in [0.1, 0.15) is 48.7 Å². The fraction of sp³-hybridized carbons (Fsp3) is 0.400. The number of imidazole rings is 1. The maximum Gasteiger partial charge on any atom is 0.146 e. The number of aromatic nitrogens is 2. The van der Waals surface area contributed by atoms with Gasteiger partial charge in [-0.1, -0.05) is 43.2 Å². The van der Waals surface area contributed by atoms with E-state index in [1.807, 2.05) is 18.2 Å². The summed E-state index contributed by atoms with van der Waals surface area (Å²) in [6.07, 6.45) is 5.64. The minimum atomic E-state index is 0.483. The summed E-state index contributed by atoms with van der Waals surface area (Å²) in [5.41, 5.74) is 8.21. The van der Waals surface area contributed by atoms with Crippen LogP contribution in [0.5, 0.6) is 0 Å². The number of anilines is 1. The third-order valence-corrected chi connectivity index (χ3v) is 3.99. The van der Waals surface area contributed by atoms with E-state index >= 15 is 0 Å². The van der Waals surface area contributed by atoms with E-state index in [-0.39, 0.29) is 0 Å². The lowest BCUT2D eigenvalue weighted by atomic mass is 10.1. The van der Waals surface area contributed by atoms with Gasteiger partial charge >= 0.3 is 0 Å². The molecule has 0 aliphatic heterocycles. The van der Waals surface area contributed by atoms with Crippen molar-refractivity contribution in [3.8, 4) is 0 Å². The van der Waals surface area contributed by atoms with Crippen molar-refractivity contribution in [1.82, 2.24) is 9.66 Å². The van der Waals surface area contributed by atoms with E-state index in [4.69, 9.17) is 16.6 Å². The molecule has 0 radical (unpaired) electrons. The second-order valence-corrected chi connectivity index (χ2v) is 5.32. The Kier molecular flexibility index (Phi) is 3.15. The van der Waals surface area contributed by atoms with Crippen LogP contribution in [0.3, 0.4) is 0 Å². The average Bonchev–Trinajstić information content (AvgIpc) is 3.04. The first-order valence-electron chi connectivity index (χ1n) is 6.91. The third kappa shape index (κ3) is 2.30. The smallest absolute Gasteiger partial charge is 0.146 e. The zero-order chi connectivity index (χ0) is 13.2. The maximum atomic E-state index is 6.09. The standard InChI is InChI=1S/C15H20N4/c16-14-13(10-11-6-2-1-3-7-11)18-15(19(14)17)12-8-4-5-9-12/h1-3,6-7,12H,4-5,8-10,16-17H2. The second-order valence-electron chi connectivity index (χ2n) is 5.32. The number of nitrogens with zero attached hydrogens (tertiary/aromatic N) is 2. The summed E-state index contributed by atoms with van der Waals surface area (Å²) in [6.45, 7) is 0. The molecule has 100 valence electrons. The van der Waals surface area contributed by atoms with Gasteiger partial charge in [-0.15, -0.1) is 0 Å². The molecule has 2 aromatic rings. The lowest BCUT2D eigenvalue weighted by molar-refractivity contribution is 0.646. The zero-order valence-corrected chi connectivity index (χ0v) is 11.0. The number of hydrogen-bond donors (Lipinski definition) is 2. The largest absolute Gasteiger partial charge is 0.382 e. The lowest BCUT2D eigenvalue weighted by Gasteiger charge is -2.08. The molecule has 1 aromatic heterocycles. The Morgan fingerprint density at radius 3 is 2.53 bits per heavy atom. The number of hydrogen-bond acceptors (Lipinski definition) is 3. The first-order chi connectivity index (χ1) is 9.25. The minimum Gasteiger partial charge on any atom is -0.382 e. The summed E-state index contributed by atoms with van der Waals surface area (Å²) >= 11 is 0. The Labute approximate surface area is 113 Å². The fourth-order valence-electron chi connectivity index (χ4n) is 2.90. The highest BCUT2D eigenvalue weighted by atomic mass is 15.4. The summed E-state index contributed by atoms with van der Waals surface area (Å²) in [4.78, 5) is 4.70. The van der Waals surface area contributed by atoms with Crippen molar-refractivity contribution in [1.29, 1.82) is 0 Å². The molecule has 0 saturated heterocycles. The number of rotatable bonds is 3. The molecular weight excluding hydrogens is 236 g/mol. The van der Waals surface area contributed by atoms with Crippen LogP contribution in [-0.4, -0.2) is 9.66 Å². The topological polar surface area (TPSA) is 69.9 Å². The summed E-state index contributed by atoms with van der Waals surface area (Å²) in [5.74, 6) is 8.11. The van der Waals surface area contributed by atoms with E-state index in [9.17, 15) is 0 Å². The molecule has 1 heterocycles. The van der Waals surface area contributed by atoms with Crippen molar-refractivity contribution in [3.63, 3.8) is 0 Å². The fourth-order valence-corrected chi connectivity index (χ4v) is 2.90. The van der Waals surface area contributed by atoms with Gasteiger partial charge in [0, 0.05) is 12.3 Å². The molecule has 0 atom stereocenters. The van der Waals surface area contributed by atoms with Crippen LogP contribution >= 0.6 is 0 Å². The van der Waals surface area contributed by atoms with Gasteiger partial charge < -0.3 is 11.6 Å². The average molecular weight is 256 g/mol. The van der Waals surface area contributed by atoms with Gasteiger partial charge in [0.1, 0.15) is 11.6 Å². The molecule has 1 aliphatic rings. The van der Waals surface area contributed by atoms with Gasteiger partial charge in [0.05, 0.1) is 5.69 Å². The summed E-state index contributed by atoms with van der Waals surface area (Å²) in [6, 6.07) is 10.2. The van der Waals surface area contributed by atoms with Crippen molar-refractivity contribution in [2.75, 3.05) is 11.6 Å². The quantitative estimate of drug-likeness (QED) is 0.829. The highest BCUT2D eigenvalue weighted by Gasteiger charge is 2.24. The molecule has 0 unspecified atom stereocenters. The maximum absolute atomic E-state index is 6.09. The first-order valence-corrected chi connectivity index (χ1v) is 6.91. The molecule has 0 bridgehead atoms. The van der Waals surface area contributed by atoms with Gasteiger partial charge in [-0.05, 0) is 18.4 Å². The van der Waals surface area contributed by atoms with Gasteiger partial charge in [0.25, 0.3) is 0 Å². The molecule has 19 heavy (non-hydrogen) atoms. The number of benzene rings is 1. The Balaban J connectivity index is 1.88. The van der Waals surface area contributed by atoms with E-state index < -0.39 is 0 Å². The van der Waals surface area contributed by atoms with Gasteiger partial charge in [0.15, 0.2) is 0 Å². The third-order valence-electron chi connectivity index (χ3n) is 3.99. The first kappa shape index (κ1) is 12.1. The molecule has 1 aliphatic carbocycles. The van der Waals surface area contributed by atoms with Gasteiger partial charge in [0.2, 0.25) is 0 Å². The highest BCUT2D eigenvalue weighted by molar-refractivity contribution is 5.42. The van der Waals surface area contributed by atoms with Crippen molar-refractivity contribution in [2.24, 2.45) is 0 Å². The van der Waals surface area contributed by atoms with E-state index in [1.165, 1.54) is 31.2 Å². The molecule has 3 rings (SSSR count). The molecule has 4 nitrogen and oxygen atoms in total. The molecular formula is C15H20N4. The predicted octanol–water partition coefficient (Wildman–Crippen LogP) is 2.43.